The largest absolute Gasteiger partial charge is 0.479 e. The number of aliphatic carboxylic acids is 1. The maximum absolute atomic E-state index is 12.9. The average Bonchev–Trinajstić information content (AvgIpc) is 3.46. The van der Waals surface area contributed by atoms with Crippen molar-refractivity contribution in [1.29, 1.82) is 0 Å². The van der Waals surface area contributed by atoms with Crippen LogP contribution < -0.4 is 0 Å². The van der Waals surface area contributed by atoms with Gasteiger partial charge in [0.1, 0.15) is 24.4 Å². The molecule has 7 N–H and O–H groups in total. The Morgan fingerprint density at radius 1 is 1.21 bits per heavy atom. The third-order valence-corrected chi connectivity index (χ3v) is 8.66. The zero-order valence-corrected chi connectivity index (χ0v) is 21.7. The number of rotatable bonds is 8. The van der Waals surface area contributed by atoms with Gasteiger partial charge in [-0.15, -0.1) is 0 Å². The van der Waals surface area contributed by atoms with Gasteiger partial charge in [0.15, 0.2) is 11.9 Å². The second kappa shape index (κ2) is 11.3. The maximum Gasteiger partial charge on any atom is 0.336 e. The van der Waals surface area contributed by atoms with Crippen LogP contribution in [0.1, 0.15) is 50.7 Å². The van der Waals surface area contributed by atoms with E-state index in [-0.39, 0.29) is 18.4 Å². The molecule has 218 valence electrons. The summed E-state index contributed by atoms with van der Waals surface area (Å²) in [5.41, 5.74) is -3.04. The van der Waals surface area contributed by atoms with Crippen LogP contribution >= 0.6 is 0 Å². The van der Waals surface area contributed by atoms with Gasteiger partial charge in [-0.25, -0.2) is 9.59 Å². The molecule has 2 fully saturated rings. The lowest BCUT2D eigenvalue weighted by Gasteiger charge is -2.56. The van der Waals surface area contributed by atoms with E-state index in [2.05, 4.69) is 0 Å². The zero-order chi connectivity index (χ0) is 28.7. The fourth-order valence-corrected chi connectivity index (χ4v) is 6.41. The molecular formula is C26H36O13. The van der Waals surface area contributed by atoms with Crippen LogP contribution in [0.15, 0.2) is 34.2 Å². The van der Waals surface area contributed by atoms with Gasteiger partial charge in [-0.05, 0) is 43.2 Å². The van der Waals surface area contributed by atoms with E-state index in [1.807, 2.05) is 0 Å². The molecule has 2 heterocycles. The molecule has 0 bridgehead atoms. The molecule has 0 radical (unpaired) electrons. The monoisotopic (exact) mass is 556 g/mol. The Labute approximate surface area is 224 Å². The molecule has 2 aliphatic carbocycles. The zero-order valence-electron chi connectivity index (χ0n) is 21.7. The molecule has 0 aromatic carbocycles. The number of furan rings is 1. The summed E-state index contributed by atoms with van der Waals surface area (Å²) < 4.78 is 21.5. The van der Waals surface area contributed by atoms with Crippen LogP contribution in [-0.2, 0) is 23.8 Å². The van der Waals surface area contributed by atoms with Gasteiger partial charge in [-0.1, -0.05) is 6.92 Å². The smallest absolute Gasteiger partial charge is 0.336 e. The SMILES string of the molecule is COC(=O)C1=C2C(OC3OC(CO)C(O)C(O)C3O)CC(O)(C(=O)O)C(C)(CC(O)c3ccoc3)C2CCC1. The van der Waals surface area contributed by atoms with Crippen molar-refractivity contribution in [3.8, 4) is 0 Å². The number of carboxylic acids is 1. The normalized spacial score (nSPS) is 39.6. The second-order valence-electron chi connectivity index (χ2n) is 10.8. The van der Waals surface area contributed by atoms with Crippen molar-refractivity contribution < 1.29 is 64.0 Å². The fourth-order valence-electron chi connectivity index (χ4n) is 6.41. The highest BCUT2D eigenvalue weighted by Gasteiger charge is 2.64. The molecule has 1 aromatic rings. The topological polar surface area (TPSA) is 217 Å². The molecule has 13 heteroatoms. The number of aliphatic hydroxyl groups is 6. The molecule has 1 aromatic heterocycles. The molecule has 13 nitrogen and oxygen atoms in total. The van der Waals surface area contributed by atoms with Gasteiger partial charge in [0.25, 0.3) is 0 Å². The summed E-state index contributed by atoms with van der Waals surface area (Å²) in [4.78, 5) is 25.6. The van der Waals surface area contributed by atoms with Crippen molar-refractivity contribution in [3.05, 3.63) is 35.3 Å². The van der Waals surface area contributed by atoms with E-state index in [1.54, 1.807) is 6.92 Å². The van der Waals surface area contributed by atoms with E-state index in [0.29, 0.717) is 24.0 Å². The molecular weight excluding hydrogens is 520 g/mol. The number of carbonyl (C=O) groups excluding carboxylic acids is 1. The van der Waals surface area contributed by atoms with Crippen LogP contribution in [0.4, 0.5) is 0 Å². The molecule has 3 aliphatic rings. The van der Waals surface area contributed by atoms with Crippen LogP contribution in [0.3, 0.4) is 0 Å². The van der Waals surface area contributed by atoms with Gasteiger partial charge in [0.2, 0.25) is 0 Å². The lowest BCUT2D eigenvalue weighted by Crippen LogP contribution is -2.65. The summed E-state index contributed by atoms with van der Waals surface area (Å²) in [6.07, 6.45) is -7.67. The molecule has 0 spiro atoms. The number of hydrogen-bond donors (Lipinski definition) is 7. The predicted octanol–water partition coefficient (Wildman–Crippen LogP) is -0.616. The molecule has 10 atom stereocenters. The summed E-state index contributed by atoms with van der Waals surface area (Å²) in [7, 11) is 1.20. The van der Waals surface area contributed by atoms with E-state index in [4.69, 9.17) is 18.6 Å². The molecule has 1 saturated carbocycles. The van der Waals surface area contributed by atoms with Gasteiger partial charge in [-0.2, -0.15) is 0 Å². The van der Waals surface area contributed by atoms with Crippen molar-refractivity contribution in [3.63, 3.8) is 0 Å². The first-order chi connectivity index (χ1) is 18.4. The number of carbonyl (C=O) groups is 2. The Morgan fingerprint density at radius 2 is 1.92 bits per heavy atom. The third-order valence-electron chi connectivity index (χ3n) is 8.66. The minimum absolute atomic E-state index is 0.204. The maximum atomic E-state index is 12.9. The molecule has 10 unspecified atom stereocenters. The summed E-state index contributed by atoms with van der Waals surface area (Å²) in [6, 6.07) is 1.53. The van der Waals surface area contributed by atoms with Gasteiger partial charge in [0.05, 0.1) is 38.5 Å². The van der Waals surface area contributed by atoms with Crippen LogP contribution in [-0.4, -0.2) is 104 Å². The molecule has 39 heavy (non-hydrogen) atoms. The van der Waals surface area contributed by atoms with E-state index in [9.17, 15) is 45.3 Å². The average molecular weight is 557 g/mol. The highest BCUT2D eigenvalue weighted by Crippen LogP contribution is 2.59. The molecule has 1 aliphatic heterocycles. The fraction of sp³-hybridized carbons (Fsp3) is 0.692. The number of fused-ring (bicyclic) bond motifs is 1. The Morgan fingerprint density at radius 3 is 2.51 bits per heavy atom. The minimum Gasteiger partial charge on any atom is -0.479 e. The quantitative estimate of drug-likeness (QED) is 0.199. The number of ether oxygens (including phenoxy) is 3. The first-order valence-corrected chi connectivity index (χ1v) is 12.8. The van der Waals surface area contributed by atoms with E-state index >= 15 is 0 Å². The lowest BCUT2D eigenvalue weighted by molar-refractivity contribution is -0.315. The third kappa shape index (κ3) is 5.02. The number of carboxylic acid groups (broad SMARTS) is 1. The van der Waals surface area contributed by atoms with Crippen molar-refractivity contribution in [2.45, 2.75) is 87.5 Å². The first kappa shape index (κ1) is 29.6. The summed E-state index contributed by atoms with van der Waals surface area (Å²) in [5, 5.41) is 73.6. The Balaban J connectivity index is 1.80. The first-order valence-electron chi connectivity index (χ1n) is 12.8. The van der Waals surface area contributed by atoms with E-state index in [1.165, 1.54) is 25.7 Å². The van der Waals surface area contributed by atoms with E-state index in [0.717, 1.165) is 0 Å². The van der Waals surface area contributed by atoms with Gasteiger partial charge in [0, 0.05) is 23.0 Å². The van der Waals surface area contributed by atoms with Gasteiger partial charge >= 0.3 is 11.9 Å². The number of hydrogen-bond acceptors (Lipinski definition) is 12. The Hall–Kier alpha value is -2.36. The Bertz CT molecular complexity index is 1070. The van der Waals surface area contributed by atoms with Gasteiger partial charge < -0.3 is 54.4 Å². The van der Waals surface area contributed by atoms with E-state index < -0.39 is 84.8 Å². The molecule has 4 rings (SSSR count). The van der Waals surface area contributed by atoms with Crippen LogP contribution in [0, 0.1) is 11.3 Å². The van der Waals surface area contributed by atoms with Gasteiger partial charge in [-0.3, -0.25) is 0 Å². The second-order valence-corrected chi connectivity index (χ2v) is 10.8. The molecule has 0 amide bonds. The summed E-state index contributed by atoms with van der Waals surface area (Å²) in [6.45, 7) is 0.830. The molecule has 1 saturated heterocycles. The van der Waals surface area contributed by atoms with Crippen LogP contribution in [0.5, 0.6) is 0 Å². The van der Waals surface area contributed by atoms with Crippen LogP contribution in [0.2, 0.25) is 0 Å². The van der Waals surface area contributed by atoms with Crippen molar-refractivity contribution in [1.82, 2.24) is 0 Å². The number of esters is 1. The minimum atomic E-state index is -2.48. The number of methoxy groups -OCH3 is 1. The Kier molecular flexibility index (Phi) is 8.55. The van der Waals surface area contributed by atoms with Crippen LogP contribution in [0.25, 0.3) is 0 Å². The van der Waals surface area contributed by atoms with Crippen molar-refractivity contribution in [2.24, 2.45) is 11.3 Å². The summed E-state index contributed by atoms with van der Waals surface area (Å²) in [5.74, 6) is -3.03. The summed E-state index contributed by atoms with van der Waals surface area (Å²) >= 11 is 0. The predicted molar refractivity (Wildman–Crippen MR) is 129 cm³/mol. The van der Waals surface area contributed by atoms with Crippen molar-refractivity contribution >= 4 is 11.9 Å². The lowest BCUT2D eigenvalue weighted by atomic mass is 9.51. The standard InChI is InChI=1S/C26H36O13/c1-25(8-15(28)12-6-7-37-11-12)14-5-3-4-13(22(32)36-2)18(14)16(9-26(25,35)24(33)34)38-23-21(31)20(30)19(29)17(10-27)39-23/h6-7,11,14-17,19-21,23,27-31,35H,3-5,8-10H2,1-2H3,(H,33,34). The highest BCUT2D eigenvalue weighted by atomic mass is 16.7. The van der Waals surface area contributed by atoms with Crippen molar-refractivity contribution in [2.75, 3.05) is 13.7 Å². The number of aliphatic hydroxyl groups excluding tert-OH is 5. The highest BCUT2D eigenvalue weighted by molar-refractivity contribution is 5.90.